The summed E-state index contributed by atoms with van der Waals surface area (Å²) in [5.74, 6) is -0.170. The van der Waals surface area contributed by atoms with E-state index in [0.29, 0.717) is 10.6 Å². The number of nitrogen functional groups attached to an aromatic ring is 1. The number of amides is 1. The molecule has 0 saturated heterocycles. The normalized spacial score (nSPS) is 15.6. The van der Waals surface area contributed by atoms with E-state index < -0.39 is 11.7 Å². The molecular weight excluding hydrogens is 429 g/mol. The molecule has 2 aromatic rings. The molecule has 0 unspecified atom stereocenters. The van der Waals surface area contributed by atoms with E-state index in [-0.39, 0.29) is 28.1 Å². The number of halogens is 2. The second-order valence-electron chi connectivity index (χ2n) is 8.93. The van der Waals surface area contributed by atoms with Gasteiger partial charge in [0.1, 0.15) is 11.6 Å². The lowest BCUT2D eigenvalue weighted by Crippen LogP contribution is -2.25. The molecule has 4 rings (SSSR count). The Kier molecular flexibility index (Phi) is 6.94. The molecule has 1 saturated carbocycles. The van der Waals surface area contributed by atoms with Gasteiger partial charge in [-0.1, -0.05) is 24.4 Å². The first-order valence-corrected chi connectivity index (χ1v) is 11.1. The Bertz CT molecular complexity index is 1070. The molecule has 0 atom stereocenters. The first kappa shape index (κ1) is 23.8. The van der Waals surface area contributed by atoms with Crippen LogP contribution < -0.4 is 11.1 Å². The van der Waals surface area contributed by atoms with Gasteiger partial charge in [-0.05, 0) is 38.8 Å². The number of anilines is 2. The summed E-state index contributed by atoms with van der Waals surface area (Å²) in [5, 5.41) is 11.8. The minimum Gasteiger partial charge on any atom is -0.398 e. The number of aromatic nitrogens is 1. The molecule has 0 bridgehead atoms. The minimum atomic E-state index is -0.663. The van der Waals surface area contributed by atoms with Crippen LogP contribution in [0.5, 0.6) is 0 Å². The fourth-order valence-corrected chi connectivity index (χ4v) is 4.80. The lowest BCUT2D eigenvalue weighted by atomic mass is 9.80. The molecule has 170 valence electrons. The Morgan fingerprint density at radius 3 is 2.50 bits per heavy atom. The molecule has 3 N–H and O–H groups in total. The van der Waals surface area contributed by atoms with Crippen LogP contribution in [-0.2, 0) is 5.41 Å². The van der Waals surface area contributed by atoms with Crippen molar-refractivity contribution in [2.24, 2.45) is 5.92 Å². The van der Waals surface area contributed by atoms with Gasteiger partial charge < -0.3 is 16.0 Å². The maximum absolute atomic E-state index is 15.3. The van der Waals surface area contributed by atoms with E-state index in [1.807, 2.05) is 19.9 Å². The van der Waals surface area contributed by atoms with Crippen LogP contribution in [0.4, 0.5) is 15.9 Å². The van der Waals surface area contributed by atoms with Crippen molar-refractivity contribution in [1.29, 1.82) is 5.26 Å². The number of nitrogens with zero attached hydrogens (tertiary/aromatic N) is 3. The maximum atomic E-state index is 15.3. The van der Waals surface area contributed by atoms with E-state index >= 15 is 4.39 Å². The zero-order valence-corrected chi connectivity index (χ0v) is 19.7. The molecule has 2 heterocycles. The van der Waals surface area contributed by atoms with Crippen molar-refractivity contribution in [2.75, 3.05) is 31.7 Å². The standard InChI is InChI=1S/C20H22ClFN4O.C4H7N/c1-26(2)19(27)14-13(23)6-5-11(17(14)22)12-9-24-18-15(16(12)21)20(10-25-18)7-3-4-8-20;1-4(2)3-5/h5-6,9H,3-4,7-8,10,23H2,1-2H3,(H,24,25);4H,1-2H3. The highest BCUT2D eigenvalue weighted by molar-refractivity contribution is 6.34. The van der Waals surface area contributed by atoms with Gasteiger partial charge in [0, 0.05) is 60.5 Å². The molecule has 1 aromatic heterocycles. The van der Waals surface area contributed by atoms with Crippen LogP contribution in [-0.4, -0.2) is 36.4 Å². The van der Waals surface area contributed by atoms with E-state index in [1.165, 1.54) is 4.90 Å². The summed E-state index contributed by atoms with van der Waals surface area (Å²) in [5.41, 5.74) is 7.55. The van der Waals surface area contributed by atoms with E-state index in [9.17, 15) is 4.79 Å². The summed E-state index contributed by atoms with van der Waals surface area (Å²) >= 11 is 6.79. The third-order valence-corrected chi connectivity index (χ3v) is 6.44. The average molecular weight is 458 g/mol. The molecule has 2 aliphatic rings. The zero-order valence-electron chi connectivity index (χ0n) is 18.9. The number of nitrogens with one attached hydrogen (secondary N) is 1. The number of pyridine rings is 1. The Labute approximate surface area is 193 Å². The van der Waals surface area contributed by atoms with Crippen molar-refractivity contribution < 1.29 is 9.18 Å². The SMILES string of the molecule is CC(C)C#N.CN(C)C(=O)c1c(N)ccc(-c2cnc3c(c2Cl)C2(CCCC2)CN3)c1F. The van der Waals surface area contributed by atoms with Gasteiger partial charge in [-0.25, -0.2) is 9.37 Å². The predicted molar refractivity (Wildman–Crippen MR) is 126 cm³/mol. The summed E-state index contributed by atoms with van der Waals surface area (Å²) in [6.45, 7) is 4.53. The first-order valence-electron chi connectivity index (χ1n) is 10.8. The summed E-state index contributed by atoms with van der Waals surface area (Å²) < 4.78 is 15.3. The van der Waals surface area contributed by atoms with E-state index in [0.717, 1.165) is 43.6 Å². The molecule has 1 spiro atoms. The summed E-state index contributed by atoms with van der Waals surface area (Å²) in [6, 6.07) is 5.14. The highest BCUT2D eigenvalue weighted by Gasteiger charge is 2.44. The van der Waals surface area contributed by atoms with Crippen LogP contribution >= 0.6 is 11.6 Å². The summed E-state index contributed by atoms with van der Waals surface area (Å²) in [7, 11) is 3.13. The van der Waals surface area contributed by atoms with Crippen molar-refractivity contribution >= 4 is 29.0 Å². The van der Waals surface area contributed by atoms with Crippen LogP contribution in [0.3, 0.4) is 0 Å². The van der Waals surface area contributed by atoms with E-state index in [1.54, 1.807) is 32.4 Å². The lowest BCUT2D eigenvalue weighted by molar-refractivity contribution is 0.0824. The number of carbonyl (C=O) groups excluding carboxylic acids is 1. The fourth-order valence-electron chi connectivity index (χ4n) is 4.35. The second-order valence-corrected chi connectivity index (χ2v) is 9.30. The third kappa shape index (κ3) is 4.24. The first-order chi connectivity index (χ1) is 15.1. The number of nitrogens with two attached hydrogens (primary N) is 1. The minimum absolute atomic E-state index is 0.0258. The molecule has 1 amide bonds. The third-order valence-electron chi connectivity index (χ3n) is 6.04. The van der Waals surface area contributed by atoms with Crippen molar-refractivity contribution in [3.63, 3.8) is 0 Å². The predicted octanol–water partition coefficient (Wildman–Crippen LogP) is 5.23. The van der Waals surface area contributed by atoms with Crippen LogP contribution in [0, 0.1) is 23.1 Å². The number of hydrogen-bond acceptors (Lipinski definition) is 5. The molecule has 6 nitrogen and oxygen atoms in total. The molecule has 1 aliphatic heterocycles. The van der Waals surface area contributed by atoms with Crippen LogP contribution in [0.15, 0.2) is 18.3 Å². The molecule has 8 heteroatoms. The molecule has 32 heavy (non-hydrogen) atoms. The lowest BCUT2D eigenvalue weighted by Gasteiger charge is -2.24. The second kappa shape index (κ2) is 9.33. The Balaban J connectivity index is 0.000000523. The van der Waals surface area contributed by atoms with E-state index in [2.05, 4.69) is 10.3 Å². The molecule has 0 radical (unpaired) electrons. The van der Waals surface area contributed by atoms with Gasteiger partial charge in [0.25, 0.3) is 5.91 Å². The molecule has 1 aromatic carbocycles. The molecule has 1 fully saturated rings. The van der Waals surface area contributed by atoms with Gasteiger partial charge in [-0.15, -0.1) is 0 Å². The topological polar surface area (TPSA) is 95.0 Å². The van der Waals surface area contributed by atoms with E-state index in [4.69, 9.17) is 22.6 Å². The summed E-state index contributed by atoms with van der Waals surface area (Å²) in [4.78, 5) is 18.2. The largest absolute Gasteiger partial charge is 0.398 e. The van der Waals surface area contributed by atoms with Crippen LogP contribution in [0.2, 0.25) is 5.02 Å². The Hall–Kier alpha value is -2.85. The highest BCUT2D eigenvalue weighted by atomic mass is 35.5. The van der Waals surface area contributed by atoms with Gasteiger partial charge in [-0.2, -0.15) is 5.26 Å². The molecular formula is C24H29ClFN5O. The summed E-state index contributed by atoms with van der Waals surface area (Å²) in [6.07, 6.45) is 5.97. The monoisotopic (exact) mass is 457 g/mol. The molecule has 1 aliphatic carbocycles. The van der Waals surface area contributed by atoms with Crippen molar-refractivity contribution in [3.05, 3.63) is 40.3 Å². The number of rotatable bonds is 2. The van der Waals surface area contributed by atoms with Gasteiger partial charge in [0.2, 0.25) is 0 Å². The zero-order chi connectivity index (χ0) is 23.6. The number of carbonyl (C=O) groups is 1. The Morgan fingerprint density at radius 2 is 1.94 bits per heavy atom. The van der Waals surface area contributed by atoms with Crippen molar-refractivity contribution in [2.45, 2.75) is 44.9 Å². The van der Waals surface area contributed by atoms with Gasteiger partial charge in [0.15, 0.2) is 0 Å². The van der Waals surface area contributed by atoms with Crippen LogP contribution in [0.1, 0.15) is 55.5 Å². The average Bonchev–Trinajstić information content (AvgIpc) is 3.37. The highest BCUT2D eigenvalue weighted by Crippen LogP contribution is 2.52. The van der Waals surface area contributed by atoms with Crippen LogP contribution in [0.25, 0.3) is 11.1 Å². The fraction of sp³-hybridized carbons (Fsp3) is 0.458. The number of benzene rings is 1. The number of fused-ring (bicyclic) bond motifs is 2. The van der Waals surface area contributed by atoms with Gasteiger partial charge in [0.05, 0.1) is 16.7 Å². The number of nitriles is 1. The van der Waals surface area contributed by atoms with Gasteiger partial charge >= 0.3 is 0 Å². The quantitative estimate of drug-likeness (QED) is 0.602. The van der Waals surface area contributed by atoms with Crippen molar-refractivity contribution in [1.82, 2.24) is 9.88 Å². The van der Waals surface area contributed by atoms with Gasteiger partial charge in [-0.3, -0.25) is 4.79 Å². The smallest absolute Gasteiger partial charge is 0.258 e. The number of hydrogen-bond donors (Lipinski definition) is 2. The van der Waals surface area contributed by atoms with Crippen molar-refractivity contribution in [3.8, 4) is 17.2 Å². The Morgan fingerprint density at radius 1 is 1.31 bits per heavy atom. The maximum Gasteiger partial charge on any atom is 0.258 e.